The average molecular weight is 368 g/mol. The highest BCUT2D eigenvalue weighted by Crippen LogP contribution is 2.50. The molecule has 3 aromatic rings. The second-order valence-electron chi connectivity index (χ2n) is 6.39. The summed E-state index contributed by atoms with van der Waals surface area (Å²) in [5.74, 6) is 0. The molecule has 1 aliphatic heterocycles. The standard InChI is InChI=1S/C20H17O3PS/c1-14-8-10-19-17(12-14)24(21,16-6-4-3-5-7-16)18-13-15(2)9-11-20(18)25(19,22)23/h3-13H,1-2H3. The van der Waals surface area contributed by atoms with Gasteiger partial charge in [0.05, 0.1) is 9.79 Å². The molecule has 0 saturated heterocycles. The monoisotopic (exact) mass is 368 g/mol. The largest absolute Gasteiger partial charge is 0.309 e. The molecule has 0 amide bonds. The summed E-state index contributed by atoms with van der Waals surface area (Å²) in [4.78, 5) is 0.309. The van der Waals surface area contributed by atoms with Crippen LogP contribution >= 0.6 is 7.14 Å². The zero-order valence-corrected chi connectivity index (χ0v) is 15.6. The molecule has 0 saturated carbocycles. The van der Waals surface area contributed by atoms with Crippen molar-refractivity contribution in [2.45, 2.75) is 23.6 Å². The maximum atomic E-state index is 14.4. The fraction of sp³-hybridized carbons (Fsp3) is 0.100. The van der Waals surface area contributed by atoms with Crippen molar-refractivity contribution in [1.29, 1.82) is 0 Å². The normalized spacial score (nSPS) is 16.7. The van der Waals surface area contributed by atoms with E-state index in [4.69, 9.17) is 0 Å². The summed E-state index contributed by atoms with van der Waals surface area (Å²) in [5, 5.41) is 1.48. The van der Waals surface area contributed by atoms with Crippen molar-refractivity contribution in [2.75, 3.05) is 0 Å². The van der Waals surface area contributed by atoms with Crippen LogP contribution in [0.2, 0.25) is 0 Å². The molecule has 3 aromatic carbocycles. The van der Waals surface area contributed by atoms with Crippen molar-refractivity contribution in [2.24, 2.45) is 0 Å². The first-order valence-corrected chi connectivity index (χ1v) is 11.2. The summed E-state index contributed by atoms with van der Waals surface area (Å²) < 4.78 is 40.6. The van der Waals surface area contributed by atoms with E-state index in [9.17, 15) is 13.0 Å². The molecule has 5 heteroatoms. The Kier molecular flexibility index (Phi) is 3.54. The van der Waals surface area contributed by atoms with Crippen LogP contribution in [-0.2, 0) is 14.4 Å². The van der Waals surface area contributed by atoms with Crippen molar-refractivity contribution >= 4 is 32.9 Å². The lowest BCUT2D eigenvalue weighted by Gasteiger charge is -2.29. The van der Waals surface area contributed by atoms with Gasteiger partial charge in [0.25, 0.3) is 0 Å². The molecule has 0 N–H and O–H groups in total. The second-order valence-corrected chi connectivity index (χ2v) is 11.0. The van der Waals surface area contributed by atoms with Gasteiger partial charge in [-0.1, -0.05) is 53.6 Å². The lowest BCUT2D eigenvalue weighted by Crippen LogP contribution is -2.36. The number of hydrogen-bond acceptors (Lipinski definition) is 3. The summed E-state index contributed by atoms with van der Waals surface area (Å²) in [6, 6.07) is 19.4. The van der Waals surface area contributed by atoms with Gasteiger partial charge in [-0.05, 0) is 38.1 Å². The molecule has 0 unspecified atom stereocenters. The molecule has 25 heavy (non-hydrogen) atoms. The van der Waals surface area contributed by atoms with Crippen LogP contribution in [0.15, 0.2) is 76.5 Å². The average Bonchev–Trinajstić information content (AvgIpc) is 2.60. The fourth-order valence-corrected chi connectivity index (χ4v) is 9.21. The Morgan fingerprint density at radius 3 is 1.68 bits per heavy atom. The van der Waals surface area contributed by atoms with Crippen LogP contribution in [0.5, 0.6) is 0 Å². The van der Waals surface area contributed by atoms with Crippen LogP contribution in [0.25, 0.3) is 0 Å². The molecule has 0 bridgehead atoms. The van der Waals surface area contributed by atoms with Gasteiger partial charge in [0.1, 0.15) is 0 Å². The van der Waals surface area contributed by atoms with Gasteiger partial charge < -0.3 is 4.57 Å². The SMILES string of the molecule is Cc1ccc2c(c1)P(=O)(c1ccccc1)c1cc(C)ccc1S2(=O)=O. The molecule has 0 aromatic heterocycles. The van der Waals surface area contributed by atoms with Crippen LogP contribution in [0, 0.1) is 13.8 Å². The molecule has 126 valence electrons. The van der Waals surface area contributed by atoms with E-state index in [2.05, 4.69) is 0 Å². The number of sulfone groups is 1. The lowest BCUT2D eigenvalue weighted by molar-refractivity contribution is 0.585. The highest BCUT2D eigenvalue weighted by molar-refractivity contribution is 7.96. The van der Waals surface area contributed by atoms with Crippen molar-refractivity contribution in [3.63, 3.8) is 0 Å². The quantitative estimate of drug-likeness (QED) is 0.485. The van der Waals surface area contributed by atoms with E-state index in [0.717, 1.165) is 11.1 Å². The fourth-order valence-electron chi connectivity index (χ4n) is 3.37. The minimum Gasteiger partial charge on any atom is -0.309 e. The molecule has 3 nitrogen and oxygen atoms in total. The summed E-state index contributed by atoms with van der Waals surface area (Å²) in [6.07, 6.45) is 0. The van der Waals surface area contributed by atoms with Crippen molar-refractivity contribution in [3.8, 4) is 0 Å². The molecular weight excluding hydrogens is 351 g/mol. The third kappa shape index (κ3) is 2.25. The molecule has 0 atom stereocenters. The molecule has 1 heterocycles. The second kappa shape index (κ2) is 5.42. The van der Waals surface area contributed by atoms with E-state index >= 15 is 0 Å². The number of hydrogen-bond donors (Lipinski definition) is 0. The van der Waals surface area contributed by atoms with Crippen LogP contribution in [-0.4, -0.2) is 8.42 Å². The Balaban J connectivity index is 2.22. The van der Waals surface area contributed by atoms with Gasteiger partial charge in [0.15, 0.2) is 7.14 Å². The van der Waals surface area contributed by atoms with Gasteiger partial charge in [-0.25, -0.2) is 8.42 Å². The van der Waals surface area contributed by atoms with E-state index in [1.165, 1.54) is 0 Å². The molecule has 1 aliphatic rings. The van der Waals surface area contributed by atoms with E-state index in [1.807, 2.05) is 44.2 Å². The molecule has 0 spiro atoms. The minimum absolute atomic E-state index is 0.154. The highest BCUT2D eigenvalue weighted by atomic mass is 32.2. The molecule has 0 radical (unpaired) electrons. The van der Waals surface area contributed by atoms with Crippen LogP contribution < -0.4 is 15.9 Å². The topological polar surface area (TPSA) is 51.2 Å². The summed E-state index contributed by atoms with van der Waals surface area (Å²) in [6.45, 7) is 3.77. The Bertz CT molecular complexity index is 1090. The zero-order chi connectivity index (χ0) is 17.8. The smallest absolute Gasteiger partial charge is 0.208 e. The van der Waals surface area contributed by atoms with Gasteiger partial charge in [0.2, 0.25) is 9.84 Å². The van der Waals surface area contributed by atoms with Gasteiger partial charge in [0, 0.05) is 15.9 Å². The summed E-state index contributed by atoms with van der Waals surface area (Å²) >= 11 is 0. The van der Waals surface area contributed by atoms with E-state index < -0.39 is 17.0 Å². The summed E-state index contributed by atoms with van der Waals surface area (Å²) in [5.41, 5.74) is 1.78. The van der Waals surface area contributed by atoms with E-state index in [1.54, 1.807) is 36.4 Å². The number of aryl methyl sites for hydroxylation is 2. The van der Waals surface area contributed by atoms with Gasteiger partial charge >= 0.3 is 0 Å². The predicted molar refractivity (Wildman–Crippen MR) is 101 cm³/mol. The van der Waals surface area contributed by atoms with E-state index in [-0.39, 0.29) is 9.79 Å². The van der Waals surface area contributed by atoms with Gasteiger partial charge in [-0.2, -0.15) is 0 Å². The molecular formula is C20H17O3PS. The first-order valence-electron chi connectivity index (χ1n) is 7.98. The highest BCUT2D eigenvalue weighted by Gasteiger charge is 2.44. The molecule has 0 fully saturated rings. The number of benzene rings is 3. The zero-order valence-electron chi connectivity index (χ0n) is 13.9. The van der Waals surface area contributed by atoms with Crippen molar-refractivity contribution in [1.82, 2.24) is 0 Å². The van der Waals surface area contributed by atoms with Crippen LogP contribution in [0.1, 0.15) is 11.1 Å². The van der Waals surface area contributed by atoms with Crippen LogP contribution in [0.4, 0.5) is 0 Å². The Morgan fingerprint density at radius 1 is 0.720 bits per heavy atom. The minimum atomic E-state index is -3.69. The Labute approximate surface area is 147 Å². The lowest BCUT2D eigenvalue weighted by atomic mass is 10.2. The van der Waals surface area contributed by atoms with Gasteiger partial charge in [-0.15, -0.1) is 0 Å². The van der Waals surface area contributed by atoms with E-state index in [0.29, 0.717) is 15.9 Å². The van der Waals surface area contributed by atoms with Gasteiger partial charge in [-0.3, -0.25) is 0 Å². The predicted octanol–water partition coefficient (Wildman–Crippen LogP) is 3.09. The summed E-state index contributed by atoms with van der Waals surface area (Å²) in [7, 11) is -6.94. The number of rotatable bonds is 1. The Morgan fingerprint density at radius 2 is 1.20 bits per heavy atom. The van der Waals surface area contributed by atoms with Crippen LogP contribution in [0.3, 0.4) is 0 Å². The maximum absolute atomic E-state index is 14.4. The molecule has 0 aliphatic carbocycles. The first kappa shape index (κ1) is 16.3. The van der Waals surface area contributed by atoms with Crippen molar-refractivity contribution in [3.05, 3.63) is 77.9 Å². The number of fused-ring (bicyclic) bond motifs is 2. The third-order valence-electron chi connectivity index (χ3n) is 4.61. The third-order valence-corrected chi connectivity index (χ3v) is 9.90. The maximum Gasteiger partial charge on any atom is 0.208 e. The molecule has 4 rings (SSSR count). The Hall–Kier alpha value is -2.16. The van der Waals surface area contributed by atoms with Crippen molar-refractivity contribution < 1.29 is 13.0 Å². The first-order chi connectivity index (χ1) is 11.8.